The molecule has 4 nitrogen and oxygen atoms in total. The largest absolute Gasteiger partial charge is 0.468 e. The molecule has 2 rings (SSSR count). The number of rotatable bonds is 4. The summed E-state index contributed by atoms with van der Waals surface area (Å²) in [4.78, 5) is 0. The summed E-state index contributed by atoms with van der Waals surface area (Å²) in [5, 5.41) is 8.07. The predicted molar refractivity (Wildman–Crippen MR) is 62.5 cm³/mol. The predicted octanol–water partition coefficient (Wildman–Crippen LogP) is 2.21. The van der Waals surface area contributed by atoms with Crippen molar-refractivity contribution in [3.8, 4) is 0 Å². The first-order valence-corrected chi connectivity index (χ1v) is 5.48. The lowest BCUT2D eigenvalue weighted by Crippen LogP contribution is -2.08. The van der Waals surface area contributed by atoms with Crippen molar-refractivity contribution in [2.75, 3.05) is 7.05 Å². The molecule has 0 spiro atoms. The molecule has 86 valence electrons. The Morgan fingerprint density at radius 1 is 1.56 bits per heavy atom. The second kappa shape index (κ2) is 4.72. The molecule has 0 unspecified atom stereocenters. The van der Waals surface area contributed by atoms with E-state index in [9.17, 15) is 0 Å². The maximum atomic E-state index is 5.95. The summed E-state index contributed by atoms with van der Waals surface area (Å²) in [6.45, 7) is 3.29. The van der Waals surface area contributed by atoms with Gasteiger partial charge in [-0.2, -0.15) is 5.10 Å². The molecule has 0 atom stereocenters. The minimum atomic E-state index is 0.682. The van der Waals surface area contributed by atoms with Gasteiger partial charge in [0.1, 0.15) is 5.76 Å². The van der Waals surface area contributed by atoms with Crippen LogP contribution in [0.15, 0.2) is 22.9 Å². The monoisotopic (exact) mass is 239 g/mol. The minimum Gasteiger partial charge on any atom is -0.468 e. The van der Waals surface area contributed by atoms with Gasteiger partial charge in [0.2, 0.25) is 0 Å². The summed E-state index contributed by atoms with van der Waals surface area (Å²) in [7, 11) is 1.89. The van der Waals surface area contributed by atoms with Crippen molar-refractivity contribution in [2.45, 2.75) is 20.0 Å². The Hall–Kier alpha value is -1.26. The van der Waals surface area contributed by atoms with E-state index in [0.717, 1.165) is 23.6 Å². The van der Waals surface area contributed by atoms with E-state index in [0.29, 0.717) is 11.6 Å². The van der Waals surface area contributed by atoms with Crippen LogP contribution in [0.3, 0.4) is 0 Å². The van der Waals surface area contributed by atoms with Gasteiger partial charge in [-0.25, -0.2) is 0 Å². The number of halogens is 1. The molecule has 5 heteroatoms. The van der Waals surface area contributed by atoms with E-state index < -0.39 is 0 Å². The summed E-state index contributed by atoms with van der Waals surface area (Å²) in [6, 6.07) is 1.96. The molecule has 16 heavy (non-hydrogen) atoms. The number of hydrogen-bond acceptors (Lipinski definition) is 3. The molecule has 0 saturated carbocycles. The Bertz CT molecular complexity index is 456. The van der Waals surface area contributed by atoms with Crippen molar-refractivity contribution in [3.63, 3.8) is 0 Å². The molecule has 1 N–H and O–H groups in total. The average molecular weight is 240 g/mol. The molecule has 0 aliphatic carbocycles. The lowest BCUT2D eigenvalue weighted by atomic mass is 10.2. The van der Waals surface area contributed by atoms with E-state index in [2.05, 4.69) is 10.4 Å². The van der Waals surface area contributed by atoms with E-state index in [1.54, 1.807) is 6.26 Å². The molecule has 2 aromatic heterocycles. The van der Waals surface area contributed by atoms with Crippen molar-refractivity contribution in [1.29, 1.82) is 0 Å². The van der Waals surface area contributed by atoms with Crippen LogP contribution >= 0.6 is 11.6 Å². The zero-order valence-electron chi connectivity index (χ0n) is 9.33. The fraction of sp³-hybridized carbons (Fsp3) is 0.364. The van der Waals surface area contributed by atoms with Crippen molar-refractivity contribution in [3.05, 3.63) is 40.6 Å². The smallest absolute Gasteiger partial charge is 0.122 e. The van der Waals surface area contributed by atoms with Crippen molar-refractivity contribution in [1.82, 2.24) is 15.1 Å². The van der Waals surface area contributed by atoms with Gasteiger partial charge in [-0.15, -0.1) is 0 Å². The first-order chi connectivity index (χ1) is 7.70. The quantitative estimate of drug-likeness (QED) is 0.890. The zero-order valence-corrected chi connectivity index (χ0v) is 10.1. The van der Waals surface area contributed by atoms with E-state index in [4.69, 9.17) is 16.0 Å². The van der Waals surface area contributed by atoms with Gasteiger partial charge in [0, 0.05) is 11.8 Å². The maximum Gasteiger partial charge on any atom is 0.122 e. The second-order valence-electron chi connectivity index (χ2n) is 3.66. The van der Waals surface area contributed by atoms with Gasteiger partial charge in [-0.3, -0.25) is 4.68 Å². The number of hydrogen-bond donors (Lipinski definition) is 1. The Balaban J connectivity index is 2.16. The molecule has 0 amide bonds. The molecule has 0 radical (unpaired) electrons. The first-order valence-electron chi connectivity index (χ1n) is 5.10. The summed E-state index contributed by atoms with van der Waals surface area (Å²) in [5.74, 6) is 0.937. The second-order valence-corrected chi connectivity index (χ2v) is 4.07. The topological polar surface area (TPSA) is 43.0 Å². The highest BCUT2D eigenvalue weighted by atomic mass is 35.5. The van der Waals surface area contributed by atoms with Crippen LogP contribution in [-0.2, 0) is 13.1 Å². The van der Waals surface area contributed by atoms with Crippen LogP contribution in [0.4, 0.5) is 0 Å². The van der Waals surface area contributed by atoms with E-state index in [1.165, 1.54) is 0 Å². The van der Waals surface area contributed by atoms with E-state index in [1.807, 2.05) is 30.9 Å². The van der Waals surface area contributed by atoms with Crippen LogP contribution < -0.4 is 5.32 Å². The highest BCUT2D eigenvalue weighted by Gasteiger charge is 2.08. The van der Waals surface area contributed by atoms with Gasteiger partial charge in [-0.05, 0) is 20.0 Å². The van der Waals surface area contributed by atoms with E-state index >= 15 is 0 Å². The zero-order chi connectivity index (χ0) is 11.5. The Kier molecular flexibility index (Phi) is 3.31. The molecule has 2 aromatic rings. The third-order valence-electron chi connectivity index (χ3n) is 2.39. The lowest BCUT2D eigenvalue weighted by Gasteiger charge is -2.02. The Morgan fingerprint density at radius 2 is 2.38 bits per heavy atom. The van der Waals surface area contributed by atoms with Gasteiger partial charge in [0.25, 0.3) is 0 Å². The van der Waals surface area contributed by atoms with Gasteiger partial charge in [0.15, 0.2) is 0 Å². The lowest BCUT2D eigenvalue weighted by molar-refractivity contribution is 0.487. The van der Waals surface area contributed by atoms with Crippen molar-refractivity contribution < 1.29 is 4.42 Å². The normalized spacial score (nSPS) is 10.9. The summed E-state index contributed by atoms with van der Waals surface area (Å²) < 4.78 is 7.20. The molecule has 2 heterocycles. The molecular weight excluding hydrogens is 226 g/mol. The van der Waals surface area contributed by atoms with Crippen LogP contribution in [0, 0.1) is 6.92 Å². The van der Waals surface area contributed by atoms with Crippen molar-refractivity contribution in [2.24, 2.45) is 0 Å². The molecule has 0 aliphatic heterocycles. The minimum absolute atomic E-state index is 0.682. The SMILES string of the molecule is CNCc1occc1Cn1cc(Cl)c(C)n1. The fourth-order valence-electron chi connectivity index (χ4n) is 1.57. The summed E-state index contributed by atoms with van der Waals surface area (Å²) in [5.41, 5.74) is 1.97. The number of aromatic nitrogens is 2. The standard InChI is InChI=1S/C11H14ClN3O/c1-8-10(12)7-15(14-8)6-9-3-4-16-11(9)5-13-2/h3-4,7,13H,5-6H2,1-2H3. The molecule has 0 aromatic carbocycles. The van der Waals surface area contributed by atoms with Gasteiger partial charge in [0.05, 0.1) is 30.1 Å². The number of nitrogens with one attached hydrogen (secondary N) is 1. The average Bonchev–Trinajstić information content (AvgIpc) is 2.77. The third-order valence-corrected chi connectivity index (χ3v) is 2.76. The third kappa shape index (κ3) is 2.28. The summed E-state index contributed by atoms with van der Waals surface area (Å²) >= 11 is 5.95. The molecule has 0 aliphatic rings. The Morgan fingerprint density at radius 3 is 3.00 bits per heavy atom. The molecule has 0 fully saturated rings. The Labute approximate surface area is 99.2 Å². The van der Waals surface area contributed by atoms with Crippen molar-refractivity contribution >= 4 is 11.6 Å². The highest BCUT2D eigenvalue weighted by Crippen LogP contribution is 2.16. The molecule has 0 bridgehead atoms. The number of aryl methyl sites for hydroxylation is 1. The van der Waals surface area contributed by atoms with Crippen LogP contribution in [0.1, 0.15) is 17.0 Å². The van der Waals surface area contributed by atoms with Gasteiger partial charge >= 0.3 is 0 Å². The summed E-state index contributed by atoms with van der Waals surface area (Å²) in [6.07, 6.45) is 3.52. The fourth-order valence-corrected chi connectivity index (χ4v) is 1.72. The van der Waals surface area contributed by atoms with Crippen LogP contribution in [0.5, 0.6) is 0 Å². The van der Waals surface area contributed by atoms with Crippen LogP contribution in [0.25, 0.3) is 0 Å². The van der Waals surface area contributed by atoms with Crippen LogP contribution in [-0.4, -0.2) is 16.8 Å². The highest BCUT2D eigenvalue weighted by molar-refractivity contribution is 6.31. The number of nitrogens with zero attached hydrogens (tertiary/aromatic N) is 2. The van der Waals surface area contributed by atoms with Gasteiger partial charge in [-0.1, -0.05) is 11.6 Å². The van der Waals surface area contributed by atoms with Gasteiger partial charge < -0.3 is 9.73 Å². The number of furan rings is 1. The first kappa shape index (κ1) is 11.2. The molecule has 0 saturated heterocycles. The van der Waals surface area contributed by atoms with E-state index in [-0.39, 0.29) is 0 Å². The van der Waals surface area contributed by atoms with Crippen LogP contribution in [0.2, 0.25) is 5.02 Å². The maximum absolute atomic E-state index is 5.95. The molecular formula is C11H14ClN3O.